The molecule has 186 valence electrons. The number of thiocarbonyl (C=S) groups is 1. The van der Waals surface area contributed by atoms with Gasteiger partial charge in [0.1, 0.15) is 17.0 Å². The summed E-state index contributed by atoms with van der Waals surface area (Å²) in [6, 6.07) is 8.39. The second kappa shape index (κ2) is 8.94. The van der Waals surface area contributed by atoms with Crippen LogP contribution < -0.4 is 19.9 Å². The highest BCUT2D eigenvalue weighted by Crippen LogP contribution is 2.48. The van der Waals surface area contributed by atoms with Gasteiger partial charge < -0.3 is 15.0 Å². The summed E-state index contributed by atoms with van der Waals surface area (Å²) in [7, 11) is 3.26. The van der Waals surface area contributed by atoms with E-state index in [2.05, 4.69) is 32.2 Å². The van der Waals surface area contributed by atoms with Crippen molar-refractivity contribution >= 4 is 51.7 Å². The maximum atomic E-state index is 13.9. The van der Waals surface area contributed by atoms with Crippen LogP contribution in [-0.4, -0.2) is 64.8 Å². The van der Waals surface area contributed by atoms with Crippen LogP contribution in [0.5, 0.6) is 5.75 Å². The van der Waals surface area contributed by atoms with Crippen molar-refractivity contribution in [1.82, 2.24) is 20.1 Å². The first-order chi connectivity index (χ1) is 17.6. The number of ether oxygens (including phenoxy) is 1. The lowest BCUT2D eigenvalue weighted by molar-refractivity contribution is -0.123. The Labute approximate surface area is 215 Å². The van der Waals surface area contributed by atoms with Crippen molar-refractivity contribution in [3.63, 3.8) is 0 Å². The Hall–Kier alpha value is -3.37. The van der Waals surface area contributed by atoms with Gasteiger partial charge in [-0.3, -0.25) is 19.4 Å². The summed E-state index contributed by atoms with van der Waals surface area (Å²) in [6.45, 7) is 2.03. The van der Waals surface area contributed by atoms with E-state index in [1.165, 1.54) is 0 Å². The van der Waals surface area contributed by atoms with E-state index in [-0.39, 0.29) is 5.91 Å². The zero-order valence-corrected chi connectivity index (χ0v) is 21.3. The van der Waals surface area contributed by atoms with Gasteiger partial charge in [-0.1, -0.05) is 0 Å². The number of nitrogens with one attached hydrogen (secondary N) is 1. The summed E-state index contributed by atoms with van der Waals surface area (Å²) in [5, 5.41) is 9.77. The summed E-state index contributed by atoms with van der Waals surface area (Å²) in [4.78, 5) is 26.0. The minimum absolute atomic E-state index is 0.00925. The molecule has 1 aliphatic carbocycles. The Balaban J connectivity index is 1.37. The number of rotatable bonds is 5. The molecule has 3 aliphatic rings. The van der Waals surface area contributed by atoms with E-state index in [0.29, 0.717) is 28.3 Å². The van der Waals surface area contributed by atoms with Crippen LogP contribution in [-0.2, 0) is 4.79 Å². The minimum Gasteiger partial charge on any atom is -0.494 e. The van der Waals surface area contributed by atoms with Crippen LogP contribution in [0.2, 0.25) is 0 Å². The van der Waals surface area contributed by atoms with E-state index in [1.54, 1.807) is 37.5 Å². The van der Waals surface area contributed by atoms with Crippen molar-refractivity contribution in [3.05, 3.63) is 42.4 Å². The number of aromatic nitrogens is 3. The van der Waals surface area contributed by atoms with Crippen LogP contribution in [0.3, 0.4) is 0 Å². The van der Waals surface area contributed by atoms with Gasteiger partial charge in [0, 0.05) is 30.4 Å². The fourth-order valence-electron chi connectivity index (χ4n) is 5.59. The number of methoxy groups -OCH3 is 1. The van der Waals surface area contributed by atoms with Gasteiger partial charge in [0.15, 0.2) is 5.11 Å². The number of carbonyl (C=O) groups excluding carboxylic acids is 1. The van der Waals surface area contributed by atoms with Crippen LogP contribution in [0.1, 0.15) is 43.8 Å². The average Bonchev–Trinajstić information content (AvgIpc) is 3.40. The van der Waals surface area contributed by atoms with Gasteiger partial charge in [-0.2, -0.15) is 5.10 Å². The van der Waals surface area contributed by atoms with Crippen molar-refractivity contribution in [2.24, 2.45) is 4.99 Å². The first-order valence-electron chi connectivity index (χ1n) is 12.4. The molecule has 10 heteroatoms. The summed E-state index contributed by atoms with van der Waals surface area (Å²) < 4.78 is 7.62. The standard InChI is InChI=1S/C26H29N7O2S/c1-27-15-22-23(35-2)13-20(14-29-22)32-24(34)26(8-3-9-26)33(25(32)36)19-4-5-21-17(12-19)16-31(30-21)18-6-10-28-11-7-18/h4-5,12-16,18,28H,3,6-11H2,1-2H3. The molecule has 2 aromatic heterocycles. The average molecular weight is 504 g/mol. The molecule has 36 heavy (non-hydrogen) atoms. The van der Waals surface area contributed by atoms with Gasteiger partial charge in [-0.15, -0.1) is 0 Å². The molecule has 0 atom stereocenters. The molecule has 0 unspecified atom stereocenters. The maximum absolute atomic E-state index is 13.9. The highest BCUT2D eigenvalue weighted by molar-refractivity contribution is 7.81. The zero-order chi connectivity index (χ0) is 24.9. The number of carbonyl (C=O) groups is 1. The summed E-state index contributed by atoms with van der Waals surface area (Å²) in [6.07, 6.45) is 10.1. The molecule has 0 radical (unpaired) electrons. The van der Waals surface area contributed by atoms with Gasteiger partial charge in [-0.25, -0.2) is 4.98 Å². The van der Waals surface area contributed by atoms with Crippen molar-refractivity contribution in [2.45, 2.75) is 43.7 Å². The van der Waals surface area contributed by atoms with Crippen LogP contribution in [0, 0.1) is 0 Å². The van der Waals surface area contributed by atoms with Crippen LogP contribution in [0.15, 0.2) is 41.7 Å². The SMILES string of the molecule is CN=Cc1ncc(N2C(=O)C3(CCC3)N(c3ccc4nn(C5CCNCC5)cc4c3)C2=S)cc1OC. The first-order valence-corrected chi connectivity index (χ1v) is 12.8. The van der Waals surface area contributed by atoms with Crippen molar-refractivity contribution < 1.29 is 9.53 Å². The quantitative estimate of drug-likeness (QED) is 0.421. The number of aliphatic imine (C=N–C) groups is 1. The number of hydrogen-bond acceptors (Lipinski definition) is 7. The highest BCUT2D eigenvalue weighted by atomic mass is 32.1. The van der Waals surface area contributed by atoms with Gasteiger partial charge in [0.25, 0.3) is 5.91 Å². The molecular formula is C26H29N7O2S. The number of anilines is 2. The summed E-state index contributed by atoms with van der Waals surface area (Å²) in [5.74, 6) is 0.534. The van der Waals surface area contributed by atoms with Crippen molar-refractivity contribution in [1.29, 1.82) is 0 Å². The van der Waals surface area contributed by atoms with E-state index < -0.39 is 5.54 Å². The molecule has 3 fully saturated rings. The lowest BCUT2D eigenvalue weighted by Gasteiger charge is -2.43. The van der Waals surface area contributed by atoms with E-state index in [9.17, 15) is 4.79 Å². The number of hydrogen-bond donors (Lipinski definition) is 1. The number of benzene rings is 1. The van der Waals surface area contributed by atoms with E-state index in [1.807, 2.05) is 17.0 Å². The largest absolute Gasteiger partial charge is 0.494 e. The Kier molecular flexibility index (Phi) is 5.72. The molecule has 0 bridgehead atoms. The number of nitrogens with zero attached hydrogens (tertiary/aromatic N) is 6. The predicted molar refractivity (Wildman–Crippen MR) is 144 cm³/mol. The third-order valence-corrected chi connectivity index (χ3v) is 8.00. The third kappa shape index (κ3) is 3.50. The first kappa shape index (κ1) is 23.1. The minimum atomic E-state index is -0.660. The van der Waals surface area contributed by atoms with E-state index in [0.717, 1.165) is 61.8 Å². The topological polar surface area (TPSA) is 87.9 Å². The van der Waals surface area contributed by atoms with Crippen molar-refractivity contribution in [2.75, 3.05) is 37.0 Å². The molecule has 1 aromatic carbocycles. The molecule has 3 aromatic rings. The molecule has 2 aliphatic heterocycles. The fraction of sp³-hybridized carbons (Fsp3) is 0.423. The molecule has 2 saturated heterocycles. The number of amides is 1. The highest BCUT2D eigenvalue weighted by Gasteiger charge is 2.59. The Morgan fingerprint density at radius 3 is 2.72 bits per heavy atom. The lowest BCUT2D eigenvalue weighted by Crippen LogP contribution is -2.55. The fourth-order valence-corrected chi connectivity index (χ4v) is 6.06. The normalized spacial score (nSPS) is 20.2. The molecule has 9 nitrogen and oxygen atoms in total. The zero-order valence-electron chi connectivity index (χ0n) is 20.5. The predicted octanol–water partition coefficient (Wildman–Crippen LogP) is 3.47. The monoisotopic (exact) mass is 503 g/mol. The Morgan fingerprint density at radius 1 is 1.22 bits per heavy atom. The molecule has 4 heterocycles. The van der Waals surface area contributed by atoms with Crippen LogP contribution in [0.4, 0.5) is 11.4 Å². The summed E-state index contributed by atoms with van der Waals surface area (Å²) in [5.41, 5.74) is 2.42. The Bertz CT molecular complexity index is 1370. The van der Waals surface area contributed by atoms with Gasteiger partial charge in [-0.05, 0) is 75.6 Å². The maximum Gasteiger partial charge on any atom is 0.259 e. The number of piperidine rings is 1. The molecule has 6 rings (SSSR count). The third-order valence-electron chi connectivity index (χ3n) is 7.64. The molecule has 1 saturated carbocycles. The second-order valence-corrected chi connectivity index (χ2v) is 10.0. The number of pyridine rings is 1. The van der Waals surface area contributed by atoms with E-state index >= 15 is 0 Å². The summed E-state index contributed by atoms with van der Waals surface area (Å²) >= 11 is 5.95. The van der Waals surface area contributed by atoms with Gasteiger partial charge >= 0.3 is 0 Å². The van der Waals surface area contributed by atoms with Gasteiger partial charge in [0.05, 0.1) is 36.8 Å². The van der Waals surface area contributed by atoms with Crippen molar-refractivity contribution in [3.8, 4) is 5.75 Å². The lowest BCUT2D eigenvalue weighted by atomic mass is 9.75. The van der Waals surface area contributed by atoms with Crippen LogP contribution in [0.25, 0.3) is 10.9 Å². The molecular weight excluding hydrogens is 474 g/mol. The second-order valence-electron chi connectivity index (χ2n) is 9.65. The van der Waals surface area contributed by atoms with E-state index in [4.69, 9.17) is 22.1 Å². The smallest absolute Gasteiger partial charge is 0.259 e. The van der Waals surface area contributed by atoms with Crippen LogP contribution >= 0.6 is 12.2 Å². The Morgan fingerprint density at radius 2 is 2.03 bits per heavy atom. The molecule has 1 spiro atoms. The molecule has 1 amide bonds. The molecule has 1 N–H and O–H groups in total. The number of fused-ring (bicyclic) bond motifs is 1. The van der Waals surface area contributed by atoms with Gasteiger partial charge in [0.2, 0.25) is 0 Å².